The summed E-state index contributed by atoms with van der Waals surface area (Å²) < 4.78 is 13.4. The quantitative estimate of drug-likeness (QED) is 0.311. The Kier molecular flexibility index (Phi) is 7.77. The van der Waals surface area contributed by atoms with Gasteiger partial charge in [-0.15, -0.1) is 0 Å². The van der Waals surface area contributed by atoms with Crippen LogP contribution < -0.4 is 4.74 Å². The summed E-state index contributed by atoms with van der Waals surface area (Å²) in [4.78, 5) is 11.2. The van der Waals surface area contributed by atoms with E-state index in [1.807, 2.05) is 55.5 Å². The monoisotopic (exact) mass is 540 g/mol. The summed E-state index contributed by atoms with van der Waals surface area (Å²) in [6, 6.07) is 23.6. The number of hydrogen-bond acceptors (Lipinski definition) is 3. The van der Waals surface area contributed by atoms with E-state index < -0.39 is 12.6 Å². The Hall–Kier alpha value is -2.60. The third kappa shape index (κ3) is 5.54. The van der Waals surface area contributed by atoms with Gasteiger partial charge in [0.05, 0.1) is 12.2 Å². The summed E-state index contributed by atoms with van der Waals surface area (Å²) >= 11 is 9.90. The van der Waals surface area contributed by atoms with Gasteiger partial charge in [-0.25, -0.2) is 4.79 Å². The SMILES string of the molecule is C=C(C)[C@H]1C[C@H](c2cccc(Cl)c2)[C@H](c2ccccc2)O[C@@H]1c1cc(Br)ccc1OCC(=O)O. The minimum absolute atomic E-state index is 0.00887. The fourth-order valence-electron chi connectivity index (χ4n) is 4.63. The number of benzene rings is 3. The Balaban J connectivity index is 1.80. The van der Waals surface area contributed by atoms with Gasteiger partial charge in [0.15, 0.2) is 6.61 Å². The van der Waals surface area contributed by atoms with Crippen molar-refractivity contribution in [1.29, 1.82) is 0 Å². The summed E-state index contributed by atoms with van der Waals surface area (Å²) in [6.45, 7) is 5.86. The van der Waals surface area contributed by atoms with Crippen LogP contribution in [0.2, 0.25) is 5.02 Å². The zero-order valence-corrected chi connectivity index (χ0v) is 21.1. The molecule has 4 nitrogen and oxygen atoms in total. The maximum Gasteiger partial charge on any atom is 0.341 e. The Labute approximate surface area is 213 Å². The molecule has 34 heavy (non-hydrogen) atoms. The standard InChI is InChI=1S/C28H26BrClO4/c1-17(2)22-15-23(19-9-6-10-21(30)13-19)27(18-7-4-3-5-8-18)34-28(22)24-14-20(29)11-12-25(24)33-16-26(31)32/h3-14,22-23,27-28H,1,15-16H2,2H3,(H,31,32)/t22-,23-,27+,28+/m1/s1. The molecule has 3 aromatic carbocycles. The molecule has 3 aromatic rings. The molecule has 0 aromatic heterocycles. The molecule has 1 saturated heterocycles. The summed E-state index contributed by atoms with van der Waals surface area (Å²) in [5.41, 5.74) is 3.98. The van der Waals surface area contributed by atoms with E-state index in [1.54, 1.807) is 6.07 Å². The number of hydrogen-bond donors (Lipinski definition) is 1. The van der Waals surface area contributed by atoms with Crippen LogP contribution in [0.15, 0.2) is 89.4 Å². The van der Waals surface area contributed by atoms with Crippen LogP contribution in [0.1, 0.15) is 48.2 Å². The van der Waals surface area contributed by atoms with Crippen molar-refractivity contribution in [3.63, 3.8) is 0 Å². The Morgan fingerprint density at radius 1 is 1.09 bits per heavy atom. The van der Waals surface area contributed by atoms with E-state index in [0.717, 1.165) is 33.2 Å². The molecule has 1 heterocycles. The number of rotatable bonds is 7. The number of carboxylic acid groups (broad SMARTS) is 1. The third-order valence-corrected chi connectivity index (χ3v) is 6.93. The zero-order valence-electron chi connectivity index (χ0n) is 18.8. The van der Waals surface area contributed by atoms with E-state index in [1.165, 1.54) is 0 Å². The van der Waals surface area contributed by atoms with Crippen LogP contribution in [0.5, 0.6) is 5.75 Å². The largest absolute Gasteiger partial charge is 0.482 e. The second kappa shape index (κ2) is 10.8. The van der Waals surface area contributed by atoms with E-state index in [0.29, 0.717) is 10.8 Å². The van der Waals surface area contributed by atoms with Crippen molar-refractivity contribution >= 4 is 33.5 Å². The molecule has 0 saturated carbocycles. The smallest absolute Gasteiger partial charge is 0.341 e. The number of halogens is 2. The maximum atomic E-state index is 11.2. The Morgan fingerprint density at radius 2 is 1.82 bits per heavy atom. The summed E-state index contributed by atoms with van der Waals surface area (Å²) in [7, 11) is 0. The van der Waals surface area contributed by atoms with Crippen LogP contribution in [0.25, 0.3) is 0 Å². The lowest BCUT2D eigenvalue weighted by atomic mass is 9.74. The summed E-state index contributed by atoms with van der Waals surface area (Å²) in [5.74, 6) is -0.479. The van der Waals surface area contributed by atoms with Crippen LogP contribution >= 0.6 is 27.5 Å². The fourth-order valence-corrected chi connectivity index (χ4v) is 5.21. The van der Waals surface area contributed by atoms with E-state index in [4.69, 9.17) is 26.2 Å². The van der Waals surface area contributed by atoms with Crippen molar-refractivity contribution in [3.8, 4) is 5.75 Å². The Bertz CT molecular complexity index is 1180. The van der Waals surface area contributed by atoms with Gasteiger partial charge in [0.1, 0.15) is 5.75 Å². The molecule has 4 atom stereocenters. The second-order valence-corrected chi connectivity index (χ2v) is 9.95. The number of carboxylic acids is 1. The van der Waals surface area contributed by atoms with Gasteiger partial charge in [-0.3, -0.25) is 0 Å². The van der Waals surface area contributed by atoms with E-state index in [9.17, 15) is 4.79 Å². The lowest BCUT2D eigenvalue weighted by molar-refractivity contribution is -0.139. The summed E-state index contributed by atoms with van der Waals surface area (Å²) in [6.07, 6.45) is 0.205. The molecule has 0 aliphatic carbocycles. The van der Waals surface area contributed by atoms with Crippen LogP contribution in [0.3, 0.4) is 0 Å². The van der Waals surface area contributed by atoms with E-state index >= 15 is 0 Å². The lowest BCUT2D eigenvalue weighted by Crippen LogP contribution is -2.32. The number of ether oxygens (including phenoxy) is 2. The van der Waals surface area contributed by atoms with Crippen molar-refractivity contribution in [2.24, 2.45) is 5.92 Å². The first-order valence-electron chi connectivity index (χ1n) is 11.1. The van der Waals surface area contributed by atoms with Gasteiger partial charge >= 0.3 is 5.97 Å². The highest BCUT2D eigenvalue weighted by atomic mass is 79.9. The molecule has 1 N–H and O–H groups in total. The molecule has 1 aliphatic rings. The molecule has 0 amide bonds. The first-order valence-corrected chi connectivity index (χ1v) is 12.3. The average Bonchev–Trinajstić information content (AvgIpc) is 2.83. The first kappa shape index (κ1) is 24.5. The second-order valence-electron chi connectivity index (χ2n) is 8.60. The van der Waals surface area contributed by atoms with E-state index in [2.05, 4.69) is 40.7 Å². The van der Waals surface area contributed by atoms with E-state index in [-0.39, 0.29) is 24.0 Å². The highest BCUT2D eigenvalue weighted by Gasteiger charge is 2.41. The molecule has 176 valence electrons. The van der Waals surface area contributed by atoms with Crippen molar-refractivity contribution in [2.75, 3.05) is 6.61 Å². The number of carbonyl (C=O) groups is 1. The molecule has 0 radical (unpaired) electrons. The van der Waals surface area contributed by atoms with Gasteiger partial charge in [0.25, 0.3) is 0 Å². The lowest BCUT2D eigenvalue weighted by Gasteiger charge is -2.43. The predicted octanol–water partition coefficient (Wildman–Crippen LogP) is 7.74. The van der Waals surface area contributed by atoms with Crippen molar-refractivity contribution in [1.82, 2.24) is 0 Å². The number of aliphatic carboxylic acids is 1. The van der Waals surface area contributed by atoms with Gasteiger partial charge in [0.2, 0.25) is 0 Å². The molecular weight excluding hydrogens is 516 g/mol. The van der Waals surface area contributed by atoms with Crippen LogP contribution in [0.4, 0.5) is 0 Å². The molecular formula is C28H26BrClO4. The van der Waals surface area contributed by atoms with Gasteiger partial charge in [-0.05, 0) is 54.8 Å². The molecule has 4 rings (SSSR count). The molecule has 6 heteroatoms. The zero-order chi connectivity index (χ0) is 24.2. The maximum absolute atomic E-state index is 11.2. The highest BCUT2D eigenvalue weighted by Crippen LogP contribution is 2.53. The molecule has 0 unspecified atom stereocenters. The Morgan fingerprint density at radius 3 is 2.50 bits per heavy atom. The molecule has 1 fully saturated rings. The van der Waals surface area contributed by atoms with Crippen LogP contribution in [-0.4, -0.2) is 17.7 Å². The fraction of sp³-hybridized carbons (Fsp3) is 0.250. The average molecular weight is 542 g/mol. The molecule has 0 bridgehead atoms. The predicted molar refractivity (Wildman–Crippen MR) is 137 cm³/mol. The van der Waals surface area contributed by atoms with Gasteiger partial charge < -0.3 is 14.6 Å². The van der Waals surface area contributed by atoms with Crippen LogP contribution in [0, 0.1) is 5.92 Å². The van der Waals surface area contributed by atoms with Gasteiger partial charge in [-0.2, -0.15) is 0 Å². The van der Waals surface area contributed by atoms with Gasteiger partial charge in [0, 0.05) is 26.9 Å². The molecule has 1 aliphatic heterocycles. The van der Waals surface area contributed by atoms with Crippen molar-refractivity contribution in [3.05, 3.63) is 111 Å². The first-order chi connectivity index (χ1) is 16.3. The van der Waals surface area contributed by atoms with Gasteiger partial charge in [-0.1, -0.05) is 82.1 Å². The minimum atomic E-state index is -1.03. The van der Waals surface area contributed by atoms with Crippen molar-refractivity contribution < 1.29 is 19.4 Å². The normalized spacial score (nSPS) is 22.2. The summed E-state index contributed by atoms with van der Waals surface area (Å²) in [5, 5.41) is 9.84. The topological polar surface area (TPSA) is 55.8 Å². The van der Waals surface area contributed by atoms with Crippen molar-refractivity contribution in [2.45, 2.75) is 31.5 Å². The minimum Gasteiger partial charge on any atom is -0.482 e. The highest BCUT2D eigenvalue weighted by molar-refractivity contribution is 9.10. The van der Waals surface area contributed by atoms with Crippen LogP contribution in [-0.2, 0) is 9.53 Å². The third-order valence-electron chi connectivity index (χ3n) is 6.20. The molecule has 0 spiro atoms.